The first-order valence-electron chi connectivity index (χ1n) is 11.9. The number of aliphatic imine (C=N–C) groups is 1. The highest BCUT2D eigenvalue weighted by Crippen LogP contribution is 2.29. The number of aryl methyl sites for hydroxylation is 1. The summed E-state index contributed by atoms with van der Waals surface area (Å²) in [4.78, 5) is 8.53. The van der Waals surface area contributed by atoms with Crippen molar-refractivity contribution < 1.29 is 0 Å². The molecule has 0 radical (unpaired) electrons. The van der Waals surface area contributed by atoms with Crippen LogP contribution in [0.1, 0.15) is 61.6 Å². The van der Waals surface area contributed by atoms with Gasteiger partial charge in [-0.25, -0.2) is 0 Å². The molecule has 1 unspecified atom stereocenters. The van der Waals surface area contributed by atoms with Crippen LogP contribution in [0.3, 0.4) is 0 Å². The van der Waals surface area contributed by atoms with Crippen molar-refractivity contribution in [2.75, 3.05) is 33.2 Å². The fourth-order valence-corrected chi connectivity index (χ4v) is 5.53. The normalized spacial score (nSPS) is 19.6. The van der Waals surface area contributed by atoms with Gasteiger partial charge in [0.2, 0.25) is 0 Å². The summed E-state index contributed by atoms with van der Waals surface area (Å²) >= 11 is 1.86. The van der Waals surface area contributed by atoms with Crippen LogP contribution in [0.2, 0.25) is 0 Å². The lowest BCUT2D eigenvalue weighted by Gasteiger charge is -2.36. The molecule has 2 aromatic rings. The van der Waals surface area contributed by atoms with Crippen LogP contribution >= 0.6 is 11.3 Å². The van der Waals surface area contributed by atoms with E-state index in [0.717, 1.165) is 56.0 Å². The molecule has 1 fully saturated rings. The first-order chi connectivity index (χ1) is 15.2. The van der Waals surface area contributed by atoms with Crippen molar-refractivity contribution in [2.45, 2.75) is 64.5 Å². The number of nitrogens with one attached hydrogen (secondary N) is 2. The average Bonchev–Trinajstić information content (AvgIpc) is 3.39. The number of piperidine rings is 1. The van der Waals surface area contributed by atoms with Crippen LogP contribution in [0, 0.1) is 5.92 Å². The van der Waals surface area contributed by atoms with Crippen LogP contribution < -0.4 is 10.6 Å². The van der Waals surface area contributed by atoms with Crippen LogP contribution in [-0.2, 0) is 19.4 Å². The molecular formula is C23H37N7S. The Balaban J connectivity index is 1.29. The molecule has 0 spiro atoms. The summed E-state index contributed by atoms with van der Waals surface area (Å²) in [5.74, 6) is 3.96. The number of rotatable bonds is 7. The fourth-order valence-electron chi connectivity index (χ4n) is 4.67. The van der Waals surface area contributed by atoms with Crippen LogP contribution in [-0.4, -0.2) is 58.9 Å². The molecule has 170 valence electrons. The Kier molecular flexibility index (Phi) is 7.97. The Morgan fingerprint density at radius 2 is 2.06 bits per heavy atom. The summed E-state index contributed by atoms with van der Waals surface area (Å²) in [5, 5.41) is 18.1. The van der Waals surface area contributed by atoms with E-state index in [-0.39, 0.29) is 0 Å². The molecule has 4 rings (SSSR count). The third-order valence-electron chi connectivity index (χ3n) is 6.64. The summed E-state index contributed by atoms with van der Waals surface area (Å²) in [7, 11) is 1.85. The lowest BCUT2D eigenvalue weighted by molar-refractivity contribution is 0.140. The predicted molar refractivity (Wildman–Crippen MR) is 128 cm³/mol. The molecular weight excluding hydrogens is 406 g/mol. The second-order valence-corrected chi connectivity index (χ2v) is 9.85. The average molecular weight is 444 g/mol. The van der Waals surface area contributed by atoms with E-state index in [1.165, 1.54) is 50.1 Å². The van der Waals surface area contributed by atoms with Gasteiger partial charge in [-0.1, -0.05) is 19.4 Å². The molecule has 0 bridgehead atoms. The molecule has 0 aromatic carbocycles. The zero-order valence-corrected chi connectivity index (χ0v) is 19.8. The van der Waals surface area contributed by atoms with Gasteiger partial charge < -0.3 is 15.2 Å². The minimum Gasteiger partial charge on any atom is -0.356 e. The van der Waals surface area contributed by atoms with E-state index in [2.05, 4.69) is 59.7 Å². The SMILES string of the molecule is CN=C(NCCc1nnc2n1CCCCC2)NCC(c1cccs1)N1CCC(C)CC1. The van der Waals surface area contributed by atoms with E-state index in [0.29, 0.717) is 6.04 Å². The number of hydrogen-bond acceptors (Lipinski definition) is 5. The minimum absolute atomic E-state index is 0.401. The summed E-state index contributed by atoms with van der Waals surface area (Å²) in [6, 6.07) is 4.83. The standard InChI is InChI=1S/C23H37N7S/c1-18-10-14-29(15-11-18)19(20-7-6-16-31-20)17-26-23(24-2)25-12-9-22-28-27-21-8-4-3-5-13-30(21)22/h6-7,16,18-19H,3-5,8-15,17H2,1-2H3,(H2,24,25,26). The highest BCUT2D eigenvalue weighted by Gasteiger charge is 2.25. The van der Waals surface area contributed by atoms with Crippen molar-refractivity contribution in [3.8, 4) is 0 Å². The second kappa shape index (κ2) is 11.1. The van der Waals surface area contributed by atoms with Gasteiger partial charge in [0.15, 0.2) is 5.96 Å². The van der Waals surface area contributed by atoms with Gasteiger partial charge in [0.05, 0.1) is 6.04 Å². The number of hydrogen-bond donors (Lipinski definition) is 2. The van der Waals surface area contributed by atoms with Crippen molar-refractivity contribution in [3.05, 3.63) is 34.0 Å². The van der Waals surface area contributed by atoms with Crippen molar-refractivity contribution >= 4 is 17.3 Å². The van der Waals surface area contributed by atoms with Gasteiger partial charge in [0.25, 0.3) is 0 Å². The summed E-state index contributed by atoms with van der Waals surface area (Å²) in [5.41, 5.74) is 0. The van der Waals surface area contributed by atoms with Crippen molar-refractivity contribution in [1.82, 2.24) is 30.3 Å². The summed E-state index contributed by atoms with van der Waals surface area (Å²) < 4.78 is 2.33. The zero-order valence-electron chi connectivity index (χ0n) is 19.0. The summed E-state index contributed by atoms with van der Waals surface area (Å²) in [6.45, 7) is 7.46. The molecule has 8 heteroatoms. The lowest BCUT2D eigenvalue weighted by atomic mass is 9.97. The van der Waals surface area contributed by atoms with Gasteiger partial charge in [-0.3, -0.25) is 9.89 Å². The minimum atomic E-state index is 0.401. The molecule has 4 heterocycles. The second-order valence-electron chi connectivity index (χ2n) is 8.87. The first-order valence-corrected chi connectivity index (χ1v) is 12.8. The summed E-state index contributed by atoms with van der Waals surface area (Å²) in [6.07, 6.45) is 8.26. The monoisotopic (exact) mass is 443 g/mol. The maximum atomic E-state index is 4.46. The van der Waals surface area contributed by atoms with Gasteiger partial charge in [-0.15, -0.1) is 21.5 Å². The number of fused-ring (bicyclic) bond motifs is 1. The Labute approximate surface area is 190 Å². The molecule has 0 amide bonds. The first kappa shape index (κ1) is 22.3. The molecule has 31 heavy (non-hydrogen) atoms. The van der Waals surface area contributed by atoms with E-state index in [1.807, 2.05) is 18.4 Å². The molecule has 2 aliphatic heterocycles. The number of aromatic nitrogens is 3. The van der Waals surface area contributed by atoms with Gasteiger partial charge in [-0.2, -0.15) is 0 Å². The quantitative estimate of drug-likeness (QED) is 0.508. The topological polar surface area (TPSA) is 70.4 Å². The number of thiophene rings is 1. The van der Waals surface area contributed by atoms with Gasteiger partial charge >= 0.3 is 0 Å². The smallest absolute Gasteiger partial charge is 0.191 e. The van der Waals surface area contributed by atoms with Crippen LogP contribution in [0.4, 0.5) is 0 Å². The maximum Gasteiger partial charge on any atom is 0.191 e. The van der Waals surface area contributed by atoms with Crippen LogP contribution in [0.15, 0.2) is 22.5 Å². The molecule has 1 saturated heterocycles. The Morgan fingerprint density at radius 1 is 1.19 bits per heavy atom. The van der Waals surface area contributed by atoms with Gasteiger partial charge in [0.1, 0.15) is 11.6 Å². The molecule has 2 N–H and O–H groups in total. The zero-order chi connectivity index (χ0) is 21.5. The van der Waals surface area contributed by atoms with E-state index < -0.39 is 0 Å². The van der Waals surface area contributed by atoms with Crippen LogP contribution in [0.25, 0.3) is 0 Å². The third-order valence-corrected chi connectivity index (χ3v) is 7.62. The third kappa shape index (κ3) is 5.86. The van der Waals surface area contributed by atoms with Gasteiger partial charge in [0, 0.05) is 44.4 Å². The molecule has 2 aliphatic rings. The van der Waals surface area contributed by atoms with E-state index in [4.69, 9.17) is 0 Å². The molecule has 2 aromatic heterocycles. The fraction of sp³-hybridized carbons (Fsp3) is 0.696. The van der Waals surface area contributed by atoms with E-state index >= 15 is 0 Å². The highest BCUT2D eigenvalue weighted by atomic mass is 32.1. The number of likely N-dealkylation sites (tertiary alicyclic amines) is 1. The predicted octanol–water partition coefficient (Wildman–Crippen LogP) is 3.25. The molecule has 0 aliphatic carbocycles. The molecule has 1 atom stereocenters. The van der Waals surface area contributed by atoms with E-state index in [9.17, 15) is 0 Å². The van der Waals surface area contributed by atoms with Crippen molar-refractivity contribution in [3.63, 3.8) is 0 Å². The van der Waals surface area contributed by atoms with Crippen molar-refractivity contribution in [1.29, 1.82) is 0 Å². The Bertz CT molecular complexity index is 821. The maximum absolute atomic E-state index is 4.46. The largest absolute Gasteiger partial charge is 0.356 e. The van der Waals surface area contributed by atoms with Crippen LogP contribution in [0.5, 0.6) is 0 Å². The Hall–Kier alpha value is -1.93. The number of guanidine groups is 1. The van der Waals surface area contributed by atoms with Gasteiger partial charge in [-0.05, 0) is 56.1 Å². The number of nitrogens with zero attached hydrogens (tertiary/aromatic N) is 5. The highest BCUT2D eigenvalue weighted by molar-refractivity contribution is 7.10. The van der Waals surface area contributed by atoms with E-state index in [1.54, 1.807) is 0 Å². The Morgan fingerprint density at radius 3 is 2.84 bits per heavy atom. The lowest BCUT2D eigenvalue weighted by Crippen LogP contribution is -2.45. The molecule has 7 nitrogen and oxygen atoms in total. The van der Waals surface area contributed by atoms with Crippen molar-refractivity contribution in [2.24, 2.45) is 10.9 Å². The molecule has 0 saturated carbocycles.